The first-order valence-electron chi connectivity index (χ1n) is 7.47. The molecular formula is C15H16F2N2O3S2. The van der Waals surface area contributed by atoms with Gasteiger partial charge in [0.25, 0.3) is 5.22 Å². The SMILES string of the molecule is C[C@H](Sc1nnc(C[C@H]2CCS(=O)(=O)C2)o1)c1c(F)cccc1F. The first-order valence-corrected chi connectivity index (χ1v) is 10.2. The summed E-state index contributed by atoms with van der Waals surface area (Å²) in [6.07, 6.45) is 0.985. The largest absolute Gasteiger partial charge is 0.416 e. The van der Waals surface area contributed by atoms with Crippen molar-refractivity contribution in [3.05, 3.63) is 41.3 Å². The summed E-state index contributed by atoms with van der Waals surface area (Å²) in [4.78, 5) is 0. The van der Waals surface area contributed by atoms with Gasteiger partial charge in [-0.05, 0) is 31.4 Å². The molecule has 0 unspecified atom stereocenters. The summed E-state index contributed by atoms with van der Waals surface area (Å²) < 4.78 is 56.0. The highest BCUT2D eigenvalue weighted by molar-refractivity contribution is 7.99. The van der Waals surface area contributed by atoms with Crippen LogP contribution in [0.15, 0.2) is 27.8 Å². The monoisotopic (exact) mass is 374 g/mol. The van der Waals surface area contributed by atoms with Gasteiger partial charge in [0.1, 0.15) is 11.6 Å². The van der Waals surface area contributed by atoms with Crippen LogP contribution in [0.5, 0.6) is 0 Å². The van der Waals surface area contributed by atoms with Gasteiger partial charge in [-0.15, -0.1) is 10.2 Å². The molecule has 2 atom stereocenters. The summed E-state index contributed by atoms with van der Waals surface area (Å²) >= 11 is 1.07. The highest BCUT2D eigenvalue weighted by Gasteiger charge is 2.29. The van der Waals surface area contributed by atoms with Gasteiger partial charge in [-0.1, -0.05) is 17.8 Å². The third-order valence-electron chi connectivity index (χ3n) is 3.92. The van der Waals surface area contributed by atoms with Gasteiger partial charge in [-0.25, -0.2) is 17.2 Å². The summed E-state index contributed by atoms with van der Waals surface area (Å²) in [6, 6.07) is 3.72. The third kappa shape index (κ3) is 3.94. The average Bonchev–Trinajstić information content (AvgIpc) is 3.05. The highest BCUT2D eigenvalue weighted by Crippen LogP contribution is 2.36. The standard InChI is InChI=1S/C15H16F2N2O3S2/c1-9(14-11(16)3-2-4-12(14)17)23-15-19-18-13(22-15)7-10-5-6-24(20,21)8-10/h2-4,9-10H,5-8H2,1H3/t9-,10+/m0/s1. The molecule has 1 aliphatic rings. The number of rotatable bonds is 5. The van der Waals surface area contributed by atoms with Gasteiger partial charge >= 0.3 is 0 Å². The second kappa shape index (κ2) is 6.79. The van der Waals surface area contributed by atoms with E-state index in [9.17, 15) is 17.2 Å². The molecule has 1 aromatic carbocycles. The predicted octanol–water partition coefficient (Wildman–Crippen LogP) is 3.18. The summed E-state index contributed by atoms with van der Waals surface area (Å²) in [5.74, 6) is -0.585. The Bertz CT molecular complexity index is 819. The number of nitrogens with zero attached hydrogens (tertiary/aromatic N) is 2. The molecule has 1 saturated heterocycles. The summed E-state index contributed by atoms with van der Waals surface area (Å²) in [5.41, 5.74) is -0.0378. The van der Waals surface area contributed by atoms with E-state index in [0.717, 1.165) is 11.8 Å². The zero-order valence-corrected chi connectivity index (χ0v) is 14.5. The number of benzene rings is 1. The second-order valence-corrected chi connectivity index (χ2v) is 9.35. The van der Waals surface area contributed by atoms with Crippen molar-refractivity contribution in [1.82, 2.24) is 10.2 Å². The van der Waals surface area contributed by atoms with Crippen molar-refractivity contribution in [3.8, 4) is 0 Å². The number of aromatic nitrogens is 2. The van der Waals surface area contributed by atoms with E-state index < -0.39 is 26.7 Å². The van der Waals surface area contributed by atoms with Gasteiger partial charge in [0.15, 0.2) is 9.84 Å². The minimum Gasteiger partial charge on any atom is -0.416 e. The predicted molar refractivity (Wildman–Crippen MR) is 85.4 cm³/mol. The van der Waals surface area contributed by atoms with Crippen LogP contribution in [-0.4, -0.2) is 30.1 Å². The summed E-state index contributed by atoms with van der Waals surface area (Å²) in [5, 5.41) is 7.44. The zero-order valence-electron chi connectivity index (χ0n) is 12.9. The van der Waals surface area contributed by atoms with Crippen LogP contribution in [0.3, 0.4) is 0 Å². The summed E-state index contributed by atoms with van der Waals surface area (Å²) in [6.45, 7) is 1.65. The highest BCUT2D eigenvalue weighted by atomic mass is 32.2. The van der Waals surface area contributed by atoms with Crippen LogP contribution in [0.25, 0.3) is 0 Å². The van der Waals surface area contributed by atoms with Crippen molar-refractivity contribution in [2.45, 2.75) is 30.2 Å². The lowest BCUT2D eigenvalue weighted by Crippen LogP contribution is -2.07. The van der Waals surface area contributed by atoms with Crippen molar-refractivity contribution < 1.29 is 21.6 Å². The fourth-order valence-corrected chi connectivity index (χ4v) is 5.50. The Labute approximate surface area is 142 Å². The fraction of sp³-hybridized carbons (Fsp3) is 0.467. The molecular weight excluding hydrogens is 358 g/mol. The maximum atomic E-state index is 13.8. The first kappa shape index (κ1) is 17.3. The van der Waals surface area contributed by atoms with Crippen LogP contribution in [0, 0.1) is 17.6 Å². The van der Waals surface area contributed by atoms with Crippen molar-refractivity contribution >= 4 is 21.6 Å². The second-order valence-electron chi connectivity index (χ2n) is 5.83. The molecule has 0 bridgehead atoms. The van der Waals surface area contributed by atoms with Gasteiger partial charge in [0, 0.05) is 17.2 Å². The van der Waals surface area contributed by atoms with Crippen LogP contribution < -0.4 is 0 Å². The number of hydrogen-bond donors (Lipinski definition) is 0. The molecule has 0 saturated carbocycles. The minimum atomic E-state index is -2.95. The Kier molecular flexibility index (Phi) is 4.91. The van der Waals surface area contributed by atoms with Gasteiger partial charge < -0.3 is 4.42 Å². The quantitative estimate of drug-likeness (QED) is 0.749. The maximum Gasteiger partial charge on any atom is 0.277 e. The van der Waals surface area contributed by atoms with Gasteiger partial charge in [0.05, 0.1) is 11.5 Å². The molecule has 0 radical (unpaired) electrons. The minimum absolute atomic E-state index is 0.0188. The van der Waals surface area contributed by atoms with E-state index in [1.807, 2.05) is 0 Å². The van der Waals surface area contributed by atoms with Crippen LogP contribution in [0.4, 0.5) is 8.78 Å². The molecule has 1 aromatic heterocycles. The third-order valence-corrected chi connectivity index (χ3v) is 6.72. The molecule has 3 rings (SSSR count). The molecule has 0 N–H and O–H groups in total. The van der Waals surface area contributed by atoms with Crippen molar-refractivity contribution in [2.24, 2.45) is 5.92 Å². The molecule has 1 aliphatic heterocycles. The number of sulfone groups is 1. The normalized spacial score (nSPS) is 21.0. The lowest BCUT2D eigenvalue weighted by atomic mass is 10.1. The Hall–Kier alpha value is -1.48. The first-order chi connectivity index (χ1) is 11.3. The fourth-order valence-electron chi connectivity index (χ4n) is 2.76. The molecule has 0 aliphatic carbocycles. The average molecular weight is 374 g/mol. The maximum absolute atomic E-state index is 13.8. The smallest absolute Gasteiger partial charge is 0.277 e. The van der Waals surface area contributed by atoms with Gasteiger partial charge in [0.2, 0.25) is 5.89 Å². The molecule has 9 heteroatoms. The molecule has 5 nitrogen and oxygen atoms in total. The van der Waals surface area contributed by atoms with E-state index in [1.54, 1.807) is 6.92 Å². The van der Waals surface area contributed by atoms with Crippen LogP contribution in [0.2, 0.25) is 0 Å². The molecule has 0 spiro atoms. The lowest BCUT2D eigenvalue weighted by molar-refractivity contribution is 0.388. The zero-order chi connectivity index (χ0) is 17.3. The molecule has 24 heavy (non-hydrogen) atoms. The lowest BCUT2D eigenvalue weighted by Gasteiger charge is -2.10. The number of thioether (sulfide) groups is 1. The van der Waals surface area contributed by atoms with Gasteiger partial charge in [-0.2, -0.15) is 0 Å². The Morgan fingerprint density at radius 2 is 2.04 bits per heavy atom. The topological polar surface area (TPSA) is 73.1 Å². The molecule has 1 fully saturated rings. The van der Waals surface area contributed by atoms with Gasteiger partial charge in [-0.3, -0.25) is 0 Å². The van der Waals surface area contributed by atoms with E-state index in [-0.39, 0.29) is 28.2 Å². The molecule has 2 heterocycles. The Balaban J connectivity index is 1.66. The molecule has 130 valence electrons. The number of halogens is 2. The van der Waals surface area contributed by atoms with E-state index >= 15 is 0 Å². The molecule has 0 amide bonds. The van der Waals surface area contributed by atoms with E-state index in [4.69, 9.17) is 4.42 Å². The van der Waals surface area contributed by atoms with Crippen molar-refractivity contribution in [2.75, 3.05) is 11.5 Å². The van der Waals surface area contributed by atoms with Crippen LogP contribution in [-0.2, 0) is 16.3 Å². The van der Waals surface area contributed by atoms with Crippen LogP contribution in [0.1, 0.15) is 30.0 Å². The van der Waals surface area contributed by atoms with Crippen molar-refractivity contribution in [1.29, 1.82) is 0 Å². The Morgan fingerprint density at radius 1 is 1.33 bits per heavy atom. The van der Waals surface area contributed by atoms with E-state index in [0.29, 0.717) is 18.7 Å². The van der Waals surface area contributed by atoms with Crippen LogP contribution >= 0.6 is 11.8 Å². The Morgan fingerprint density at radius 3 is 2.67 bits per heavy atom. The molecule has 2 aromatic rings. The summed E-state index contributed by atoms with van der Waals surface area (Å²) in [7, 11) is -2.95. The van der Waals surface area contributed by atoms with E-state index in [1.165, 1.54) is 18.2 Å². The number of hydrogen-bond acceptors (Lipinski definition) is 6. The van der Waals surface area contributed by atoms with E-state index in [2.05, 4.69) is 10.2 Å². The van der Waals surface area contributed by atoms with Crippen molar-refractivity contribution in [3.63, 3.8) is 0 Å².